The Hall–Kier alpha value is -1.97. The Balaban J connectivity index is 0.000000200. The lowest BCUT2D eigenvalue weighted by Gasteiger charge is -2.00. The summed E-state index contributed by atoms with van der Waals surface area (Å²) in [5.74, 6) is 0.854. The third kappa shape index (κ3) is 5.34. The fourth-order valence-electron chi connectivity index (χ4n) is 1.28. The molecule has 0 heterocycles. The molecule has 0 aliphatic rings. The average Bonchev–Trinajstić information content (AvgIpc) is 2.55. The van der Waals surface area contributed by atoms with Gasteiger partial charge in [-0.25, -0.2) is 0 Å². The summed E-state index contributed by atoms with van der Waals surface area (Å²) in [5, 5.41) is 8.41. The number of nitrogens with one attached hydrogen (secondary N) is 2. The fraction of sp³-hybridized carbons (Fsp3) is 0.0714. The first-order valence-corrected chi connectivity index (χ1v) is 6.57. The Morgan fingerprint density at radius 2 is 1.35 bits per heavy atom. The molecule has 0 spiro atoms. The molecule has 2 rings (SSSR count). The van der Waals surface area contributed by atoms with E-state index in [1.807, 2.05) is 30.3 Å². The lowest BCUT2D eigenvalue weighted by atomic mass is 10.2. The largest absolute Gasteiger partial charge is 0.497 e. The Kier molecular flexibility index (Phi) is 7.25. The van der Waals surface area contributed by atoms with Gasteiger partial charge in [0.05, 0.1) is 18.7 Å². The van der Waals surface area contributed by atoms with Crippen molar-refractivity contribution in [2.24, 2.45) is 0 Å². The molecule has 104 valence electrons. The maximum atomic E-state index is 8.41. The minimum absolute atomic E-state index is 0.660. The summed E-state index contributed by atoms with van der Waals surface area (Å²) < 4.78 is 10.3. The van der Waals surface area contributed by atoms with Gasteiger partial charge >= 0.3 is 0 Å². The van der Waals surface area contributed by atoms with Gasteiger partial charge in [0, 0.05) is 11.4 Å². The summed E-state index contributed by atoms with van der Waals surface area (Å²) in [5.41, 5.74) is 2.51. The molecule has 0 aliphatic heterocycles. The van der Waals surface area contributed by atoms with E-state index >= 15 is 0 Å². The van der Waals surface area contributed by atoms with E-state index in [1.54, 1.807) is 31.4 Å². The highest BCUT2D eigenvalue weighted by molar-refractivity contribution is 7.81. The van der Waals surface area contributed by atoms with E-state index in [9.17, 15) is 0 Å². The lowest BCUT2D eigenvalue weighted by molar-refractivity contribution is 0.415. The number of benzene rings is 2. The summed E-state index contributed by atoms with van der Waals surface area (Å²) in [4.78, 5) is 0. The van der Waals surface area contributed by atoms with Crippen LogP contribution in [-0.2, 0) is 0 Å². The zero-order valence-corrected chi connectivity index (χ0v) is 12.7. The van der Waals surface area contributed by atoms with Crippen LogP contribution >= 0.6 is 25.6 Å². The molecule has 0 saturated heterocycles. The zero-order chi connectivity index (χ0) is 14.8. The molecule has 4 nitrogen and oxygen atoms in total. The summed E-state index contributed by atoms with van der Waals surface area (Å²) >= 11 is 7.72. The van der Waals surface area contributed by atoms with Crippen LogP contribution < -0.4 is 14.2 Å². The number of methoxy groups -OCH3 is 1. The first-order chi connectivity index (χ1) is 9.73. The molecule has 0 unspecified atom stereocenters. The number of nitriles is 1. The van der Waals surface area contributed by atoms with Crippen molar-refractivity contribution in [1.29, 1.82) is 5.26 Å². The highest BCUT2D eigenvalue weighted by atomic mass is 32.1. The van der Waals surface area contributed by atoms with E-state index in [1.165, 1.54) is 0 Å². The molecular weight excluding hydrogens is 290 g/mol. The molecule has 2 aromatic carbocycles. The van der Waals surface area contributed by atoms with Crippen molar-refractivity contribution in [3.05, 3.63) is 54.1 Å². The van der Waals surface area contributed by atoms with Gasteiger partial charge in [-0.15, -0.1) is 0 Å². The van der Waals surface area contributed by atoms with Gasteiger partial charge in [-0.05, 0) is 48.5 Å². The third-order valence-electron chi connectivity index (χ3n) is 2.36. The normalized spacial score (nSPS) is 8.70. The number of hydrogen-bond acceptors (Lipinski definition) is 6. The highest BCUT2D eigenvalue weighted by Gasteiger charge is 1.89. The van der Waals surface area contributed by atoms with E-state index < -0.39 is 0 Å². The Morgan fingerprint density at radius 3 is 1.70 bits per heavy atom. The molecule has 0 aromatic heterocycles. The van der Waals surface area contributed by atoms with Crippen LogP contribution in [0, 0.1) is 11.3 Å². The maximum absolute atomic E-state index is 8.41. The minimum Gasteiger partial charge on any atom is -0.497 e. The topological polar surface area (TPSA) is 57.1 Å². The van der Waals surface area contributed by atoms with Gasteiger partial charge in [-0.1, -0.05) is 25.6 Å². The molecule has 2 N–H and O–H groups in total. The molecular formula is C14H15N3OS2. The molecule has 6 heteroatoms. The van der Waals surface area contributed by atoms with Gasteiger partial charge in [0.25, 0.3) is 0 Å². The number of nitrogens with zero attached hydrogens (tertiary/aromatic N) is 1. The van der Waals surface area contributed by atoms with Crippen molar-refractivity contribution in [2.75, 3.05) is 16.6 Å². The van der Waals surface area contributed by atoms with Crippen LogP contribution in [0.2, 0.25) is 0 Å². The van der Waals surface area contributed by atoms with Gasteiger partial charge < -0.3 is 14.2 Å². The SMILES string of the molecule is COc1ccc(NS)cc1.N#Cc1ccc(NS)cc1. The monoisotopic (exact) mass is 305 g/mol. The van der Waals surface area contributed by atoms with Crippen LogP contribution in [0.5, 0.6) is 5.75 Å². The van der Waals surface area contributed by atoms with Crippen molar-refractivity contribution in [1.82, 2.24) is 0 Å². The molecule has 0 radical (unpaired) electrons. The average molecular weight is 305 g/mol. The van der Waals surface area contributed by atoms with Crippen molar-refractivity contribution in [3.63, 3.8) is 0 Å². The molecule has 0 fully saturated rings. The van der Waals surface area contributed by atoms with E-state index in [-0.39, 0.29) is 0 Å². The van der Waals surface area contributed by atoms with Gasteiger partial charge in [0.2, 0.25) is 0 Å². The highest BCUT2D eigenvalue weighted by Crippen LogP contribution is 2.14. The minimum atomic E-state index is 0.660. The lowest BCUT2D eigenvalue weighted by Crippen LogP contribution is -1.83. The van der Waals surface area contributed by atoms with Crippen LogP contribution in [-0.4, -0.2) is 7.11 Å². The van der Waals surface area contributed by atoms with E-state index in [2.05, 4.69) is 35.1 Å². The molecule has 20 heavy (non-hydrogen) atoms. The molecule has 0 amide bonds. The van der Waals surface area contributed by atoms with Crippen LogP contribution in [0.1, 0.15) is 5.56 Å². The van der Waals surface area contributed by atoms with Gasteiger partial charge in [-0.3, -0.25) is 0 Å². The van der Waals surface area contributed by atoms with E-state index in [4.69, 9.17) is 10.00 Å². The van der Waals surface area contributed by atoms with Gasteiger partial charge in [-0.2, -0.15) is 5.26 Å². The second kappa shape index (κ2) is 9.02. The van der Waals surface area contributed by atoms with Gasteiger partial charge in [0.15, 0.2) is 0 Å². The number of ether oxygens (including phenoxy) is 1. The second-order valence-corrected chi connectivity index (χ2v) is 4.09. The number of rotatable bonds is 3. The molecule has 0 bridgehead atoms. The first kappa shape index (κ1) is 16.1. The predicted octanol–water partition coefficient (Wildman–Crippen LogP) is 3.77. The Labute approximate surface area is 129 Å². The summed E-state index contributed by atoms with van der Waals surface area (Å²) in [7, 11) is 1.64. The van der Waals surface area contributed by atoms with Crippen molar-refractivity contribution in [3.8, 4) is 11.8 Å². The molecule has 0 aliphatic carbocycles. The standard InChI is InChI=1S/C7H6N2S.C7H9NOS/c8-5-6-1-3-7(9-10)4-2-6;1-9-7-4-2-6(8-10)3-5-7/h1-4,9-10H;2-5,8,10H,1H3. The quantitative estimate of drug-likeness (QED) is 0.652. The summed E-state index contributed by atoms with van der Waals surface area (Å²) in [6, 6.07) is 16.6. The van der Waals surface area contributed by atoms with E-state index in [0.717, 1.165) is 17.1 Å². The van der Waals surface area contributed by atoms with Crippen LogP contribution in [0.15, 0.2) is 48.5 Å². The molecule has 0 atom stereocenters. The van der Waals surface area contributed by atoms with Crippen molar-refractivity contribution < 1.29 is 4.74 Å². The Morgan fingerprint density at radius 1 is 0.900 bits per heavy atom. The summed E-state index contributed by atoms with van der Waals surface area (Å²) in [6.07, 6.45) is 0. The first-order valence-electron chi connectivity index (χ1n) is 5.68. The van der Waals surface area contributed by atoms with Crippen LogP contribution in [0.4, 0.5) is 11.4 Å². The second-order valence-electron chi connectivity index (χ2n) is 3.64. The summed E-state index contributed by atoms with van der Waals surface area (Å²) in [6.45, 7) is 0. The third-order valence-corrected chi connectivity index (χ3v) is 2.88. The number of anilines is 2. The molecule has 2 aromatic rings. The van der Waals surface area contributed by atoms with Crippen molar-refractivity contribution in [2.45, 2.75) is 0 Å². The fourth-order valence-corrected chi connectivity index (χ4v) is 1.58. The molecule has 0 saturated carbocycles. The smallest absolute Gasteiger partial charge is 0.119 e. The maximum Gasteiger partial charge on any atom is 0.119 e. The van der Waals surface area contributed by atoms with Crippen LogP contribution in [0.3, 0.4) is 0 Å². The van der Waals surface area contributed by atoms with Gasteiger partial charge in [0.1, 0.15) is 5.75 Å². The number of thiol groups is 2. The number of hydrogen-bond donors (Lipinski definition) is 4. The Bertz CT molecular complexity index is 527. The van der Waals surface area contributed by atoms with Crippen LogP contribution in [0.25, 0.3) is 0 Å². The van der Waals surface area contributed by atoms with E-state index in [0.29, 0.717) is 5.56 Å². The zero-order valence-electron chi connectivity index (χ0n) is 10.9. The van der Waals surface area contributed by atoms with Crippen molar-refractivity contribution >= 4 is 37.0 Å². The predicted molar refractivity (Wildman–Crippen MR) is 89.4 cm³/mol.